The molecule has 0 atom stereocenters. The molecule has 1 aliphatic heterocycles. The molecule has 7 heteroatoms. The van der Waals surface area contributed by atoms with E-state index in [1.165, 1.54) is 9.18 Å². The lowest BCUT2D eigenvalue weighted by molar-refractivity contribution is 0.344. The van der Waals surface area contributed by atoms with E-state index in [1.54, 1.807) is 22.7 Å². The van der Waals surface area contributed by atoms with E-state index in [4.69, 9.17) is 0 Å². The van der Waals surface area contributed by atoms with Crippen LogP contribution >= 0.6 is 11.3 Å². The predicted molar refractivity (Wildman–Crippen MR) is 78.5 cm³/mol. The SMILES string of the molecule is CNCCCN(C)S(=O)(=O)N1CCc2sccc2C1. The van der Waals surface area contributed by atoms with Crippen molar-refractivity contribution in [1.29, 1.82) is 0 Å². The Hall–Kier alpha value is -0.470. The standard InChI is InChI=1S/C12H21N3O2S2/c1-13-6-3-7-14(2)19(16,17)15-8-4-12-11(10-15)5-9-18-12/h5,9,13H,3-4,6-8,10H2,1-2H3. The molecule has 1 aliphatic rings. The highest BCUT2D eigenvalue weighted by molar-refractivity contribution is 7.86. The van der Waals surface area contributed by atoms with Crippen molar-refractivity contribution in [1.82, 2.24) is 13.9 Å². The molecule has 0 saturated carbocycles. The summed E-state index contributed by atoms with van der Waals surface area (Å²) in [5.41, 5.74) is 1.16. The van der Waals surface area contributed by atoms with Gasteiger partial charge < -0.3 is 5.32 Å². The summed E-state index contributed by atoms with van der Waals surface area (Å²) in [6.07, 6.45) is 1.65. The average Bonchev–Trinajstić information content (AvgIpc) is 2.85. The van der Waals surface area contributed by atoms with Crippen molar-refractivity contribution in [3.8, 4) is 0 Å². The first-order valence-electron chi connectivity index (χ1n) is 6.47. The fraction of sp³-hybridized carbons (Fsp3) is 0.667. The number of nitrogens with zero attached hydrogens (tertiary/aromatic N) is 2. The summed E-state index contributed by atoms with van der Waals surface area (Å²) in [5.74, 6) is 0. The lowest BCUT2D eigenvalue weighted by Crippen LogP contribution is -2.44. The third-order valence-electron chi connectivity index (χ3n) is 3.39. The van der Waals surface area contributed by atoms with Crippen molar-refractivity contribution in [2.24, 2.45) is 0 Å². The number of fused-ring (bicyclic) bond motifs is 1. The molecule has 19 heavy (non-hydrogen) atoms. The van der Waals surface area contributed by atoms with Gasteiger partial charge in [-0.3, -0.25) is 0 Å². The molecule has 0 fully saturated rings. The van der Waals surface area contributed by atoms with E-state index < -0.39 is 10.2 Å². The van der Waals surface area contributed by atoms with E-state index in [1.807, 2.05) is 18.5 Å². The molecule has 1 N–H and O–H groups in total. The second-order valence-electron chi connectivity index (χ2n) is 4.74. The minimum absolute atomic E-state index is 0.511. The molecule has 0 amide bonds. The number of thiophene rings is 1. The molecule has 0 spiro atoms. The lowest BCUT2D eigenvalue weighted by atomic mass is 10.1. The zero-order chi connectivity index (χ0) is 13.9. The molecule has 0 aromatic carbocycles. The fourth-order valence-corrected chi connectivity index (χ4v) is 4.48. The minimum Gasteiger partial charge on any atom is -0.320 e. The molecule has 0 unspecified atom stereocenters. The van der Waals surface area contributed by atoms with Crippen molar-refractivity contribution < 1.29 is 8.42 Å². The smallest absolute Gasteiger partial charge is 0.282 e. The Morgan fingerprint density at radius 2 is 2.32 bits per heavy atom. The van der Waals surface area contributed by atoms with E-state index in [0.717, 1.165) is 24.9 Å². The molecular formula is C12H21N3O2S2. The highest BCUT2D eigenvalue weighted by atomic mass is 32.2. The summed E-state index contributed by atoms with van der Waals surface area (Å²) in [5, 5.41) is 5.07. The zero-order valence-corrected chi connectivity index (χ0v) is 13.1. The van der Waals surface area contributed by atoms with Gasteiger partial charge in [-0.25, -0.2) is 0 Å². The number of hydrogen-bond acceptors (Lipinski definition) is 4. The highest BCUT2D eigenvalue weighted by Gasteiger charge is 2.30. The largest absolute Gasteiger partial charge is 0.320 e. The van der Waals surface area contributed by atoms with Gasteiger partial charge in [0.05, 0.1) is 0 Å². The lowest BCUT2D eigenvalue weighted by Gasteiger charge is -2.30. The quantitative estimate of drug-likeness (QED) is 0.794. The topological polar surface area (TPSA) is 52.7 Å². The molecule has 0 radical (unpaired) electrons. The molecule has 0 bridgehead atoms. The van der Waals surface area contributed by atoms with Crippen LogP contribution in [0.4, 0.5) is 0 Å². The van der Waals surface area contributed by atoms with Gasteiger partial charge in [-0.2, -0.15) is 17.0 Å². The summed E-state index contributed by atoms with van der Waals surface area (Å²) in [4.78, 5) is 1.32. The van der Waals surface area contributed by atoms with Gasteiger partial charge in [0.25, 0.3) is 10.2 Å². The van der Waals surface area contributed by atoms with Crippen LogP contribution in [0.2, 0.25) is 0 Å². The summed E-state index contributed by atoms with van der Waals surface area (Å²) < 4.78 is 27.9. The first kappa shape index (κ1) is 14.9. The van der Waals surface area contributed by atoms with E-state index >= 15 is 0 Å². The zero-order valence-electron chi connectivity index (χ0n) is 11.4. The Bertz CT molecular complexity index is 513. The maximum absolute atomic E-state index is 12.4. The van der Waals surface area contributed by atoms with Crippen LogP contribution in [0.1, 0.15) is 16.9 Å². The van der Waals surface area contributed by atoms with Crippen LogP contribution < -0.4 is 5.32 Å². The Morgan fingerprint density at radius 3 is 3.05 bits per heavy atom. The van der Waals surface area contributed by atoms with E-state index in [-0.39, 0.29) is 0 Å². The molecule has 1 aromatic rings. The van der Waals surface area contributed by atoms with Crippen molar-refractivity contribution >= 4 is 21.5 Å². The number of hydrogen-bond donors (Lipinski definition) is 1. The molecule has 2 heterocycles. The molecular weight excluding hydrogens is 282 g/mol. The molecule has 5 nitrogen and oxygen atoms in total. The summed E-state index contributed by atoms with van der Waals surface area (Å²) in [7, 11) is 0.214. The maximum atomic E-state index is 12.4. The van der Waals surface area contributed by atoms with Gasteiger partial charge in [0.1, 0.15) is 0 Å². The second kappa shape index (κ2) is 6.32. The number of nitrogens with one attached hydrogen (secondary N) is 1. The molecule has 2 rings (SSSR count). The first-order valence-corrected chi connectivity index (χ1v) is 8.74. The van der Waals surface area contributed by atoms with Crippen molar-refractivity contribution in [3.05, 3.63) is 21.9 Å². The van der Waals surface area contributed by atoms with Crippen molar-refractivity contribution in [3.63, 3.8) is 0 Å². The third-order valence-corrected chi connectivity index (χ3v) is 6.35. The fourth-order valence-electron chi connectivity index (χ4n) is 2.21. The molecule has 0 saturated heterocycles. The van der Waals surface area contributed by atoms with Crippen LogP contribution in [-0.2, 0) is 23.2 Å². The van der Waals surface area contributed by atoms with Crippen molar-refractivity contribution in [2.45, 2.75) is 19.4 Å². The predicted octanol–water partition coefficient (Wildman–Crippen LogP) is 0.892. The Kier molecular flexibility index (Phi) is 4.97. The van der Waals surface area contributed by atoms with E-state index in [9.17, 15) is 8.42 Å². The van der Waals surface area contributed by atoms with Crippen LogP contribution in [-0.4, -0.2) is 50.8 Å². The van der Waals surface area contributed by atoms with Crippen LogP contribution in [0.15, 0.2) is 11.4 Å². The molecule has 1 aromatic heterocycles. The Balaban J connectivity index is 2.00. The summed E-state index contributed by atoms with van der Waals surface area (Å²) in [6, 6.07) is 2.03. The number of rotatable bonds is 6. The van der Waals surface area contributed by atoms with Gasteiger partial charge in [-0.05, 0) is 43.4 Å². The minimum atomic E-state index is -3.32. The van der Waals surface area contributed by atoms with Gasteiger partial charge in [-0.1, -0.05) is 0 Å². The summed E-state index contributed by atoms with van der Waals surface area (Å²) in [6.45, 7) is 2.48. The van der Waals surface area contributed by atoms with Gasteiger partial charge >= 0.3 is 0 Å². The average molecular weight is 303 g/mol. The van der Waals surface area contributed by atoms with Gasteiger partial charge in [-0.15, -0.1) is 11.3 Å². The summed E-state index contributed by atoms with van der Waals surface area (Å²) >= 11 is 1.72. The Labute approximate surface area is 119 Å². The third kappa shape index (κ3) is 3.35. The van der Waals surface area contributed by atoms with Crippen LogP contribution in [0.3, 0.4) is 0 Å². The van der Waals surface area contributed by atoms with Crippen molar-refractivity contribution in [2.75, 3.05) is 33.7 Å². The van der Waals surface area contributed by atoms with Crippen LogP contribution in [0.5, 0.6) is 0 Å². The molecule has 0 aliphatic carbocycles. The van der Waals surface area contributed by atoms with E-state index in [0.29, 0.717) is 19.6 Å². The molecule has 108 valence electrons. The van der Waals surface area contributed by atoms with Gasteiger partial charge in [0.2, 0.25) is 0 Å². The van der Waals surface area contributed by atoms with Crippen LogP contribution in [0, 0.1) is 0 Å². The van der Waals surface area contributed by atoms with Gasteiger partial charge in [0.15, 0.2) is 0 Å². The first-order chi connectivity index (χ1) is 9.05. The van der Waals surface area contributed by atoms with E-state index in [2.05, 4.69) is 5.32 Å². The maximum Gasteiger partial charge on any atom is 0.282 e. The highest BCUT2D eigenvalue weighted by Crippen LogP contribution is 2.26. The van der Waals surface area contributed by atoms with Gasteiger partial charge in [0, 0.05) is 31.6 Å². The monoisotopic (exact) mass is 303 g/mol. The normalized spacial score (nSPS) is 16.8. The Morgan fingerprint density at radius 1 is 1.53 bits per heavy atom. The van der Waals surface area contributed by atoms with Crippen LogP contribution in [0.25, 0.3) is 0 Å². The second-order valence-corrected chi connectivity index (χ2v) is 7.78.